The number of benzene rings is 3. The van der Waals surface area contributed by atoms with Crippen molar-refractivity contribution in [2.45, 2.75) is 17.6 Å². The van der Waals surface area contributed by atoms with Gasteiger partial charge in [0.25, 0.3) is 10.0 Å². The van der Waals surface area contributed by atoms with E-state index in [2.05, 4.69) is 34.3 Å². The SMILES string of the molecule is COc1ccc(NS(=O)(=O)c2ccc(NC(=O)CSCc3ccc(C)cc3)cc2)cc1. The molecule has 2 N–H and O–H groups in total. The van der Waals surface area contributed by atoms with Crippen LogP contribution in [0.3, 0.4) is 0 Å². The number of sulfonamides is 1. The van der Waals surface area contributed by atoms with Gasteiger partial charge in [0.15, 0.2) is 0 Å². The Morgan fingerprint density at radius 1 is 0.903 bits per heavy atom. The molecular weight excluding hydrogens is 432 g/mol. The lowest BCUT2D eigenvalue weighted by atomic mass is 10.2. The molecule has 31 heavy (non-hydrogen) atoms. The number of anilines is 2. The van der Waals surface area contributed by atoms with E-state index >= 15 is 0 Å². The van der Waals surface area contributed by atoms with E-state index in [9.17, 15) is 13.2 Å². The van der Waals surface area contributed by atoms with E-state index in [-0.39, 0.29) is 10.8 Å². The van der Waals surface area contributed by atoms with Gasteiger partial charge >= 0.3 is 0 Å². The van der Waals surface area contributed by atoms with Gasteiger partial charge in [0.05, 0.1) is 17.8 Å². The molecule has 0 saturated heterocycles. The molecule has 0 aliphatic carbocycles. The highest BCUT2D eigenvalue weighted by Crippen LogP contribution is 2.21. The first-order chi connectivity index (χ1) is 14.9. The van der Waals surface area contributed by atoms with Crippen molar-refractivity contribution in [3.63, 3.8) is 0 Å². The van der Waals surface area contributed by atoms with Crippen LogP contribution in [-0.2, 0) is 20.6 Å². The van der Waals surface area contributed by atoms with Crippen molar-refractivity contribution < 1.29 is 17.9 Å². The molecule has 0 bridgehead atoms. The second-order valence-corrected chi connectivity index (χ2v) is 9.55. The van der Waals surface area contributed by atoms with Crippen molar-refractivity contribution in [3.05, 3.63) is 83.9 Å². The van der Waals surface area contributed by atoms with Gasteiger partial charge in [-0.3, -0.25) is 9.52 Å². The number of ether oxygens (including phenoxy) is 1. The lowest BCUT2D eigenvalue weighted by molar-refractivity contribution is -0.113. The Morgan fingerprint density at radius 3 is 2.13 bits per heavy atom. The van der Waals surface area contributed by atoms with Gasteiger partial charge in [-0.15, -0.1) is 11.8 Å². The van der Waals surface area contributed by atoms with Gasteiger partial charge in [-0.2, -0.15) is 0 Å². The zero-order chi connectivity index (χ0) is 22.3. The zero-order valence-electron chi connectivity index (χ0n) is 17.3. The van der Waals surface area contributed by atoms with Crippen LogP contribution in [0.4, 0.5) is 11.4 Å². The number of carbonyl (C=O) groups excluding carboxylic acids is 1. The predicted octanol–water partition coefficient (Wildman–Crippen LogP) is 4.68. The third-order valence-corrected chi connectivity index (χ3v) is 6.81. The average molecular weight is 457 g/mol. The maximum absolute atomic E-state index is 12.6. The van der Waals surface area contributed by atoms with Gasteiger partial charge in [-0.05, 0) is 61.0 Å². The molecule has 0 aliphatic rings. The largest absolute Gasteiger partial charge is 0.497 e. The van der Waals surface area contributed by atoms with Gasteiger partial charge in [0.2, 0.25) is 5.91 Å². The summed E-state index contributed by atoms with van der Waals surface area (Å²) in [6, 6.07) is 20.9. The molecule has 0 radical (unpaired) electrons. The monoisotopic (exact) mass is 456 g/mol. The van der Waals surface area contributed by atoms with Crippen LogP contribution in [0.5, 0.6) is 5.75 Å². The normalized spacial score (nSPS) is 11.0. The zero-order valence-corrected chi connectivity index (χ0v) is 18.9. The minimum Gasteiger partial charge on any atom is -0.497 e. The van der Waals surface area contributed by atoms with Crippen molar-refractivity contribution in [1.82, 2.24) is 0 Å². The second kappa shape index (κ2) is 10.4. The summed E-state index contributed by atoms with van der Waals surface area (Å²) in [4.78, 5) is 12.3. The maximum atomic E-state index is 12.6. The van der Waals surface area contributed by atoms with Crippen molar-refractivity contribution >= 4 is 39.1 Å². The van der Waals surface area contributed by atoms with Gasteiger partial charge in [0, 0.05) is 17.1 Å². The summed E-state index contributed by atoms with van der Waals surface area (Å²) in [6.07, 6.45) is 0. The fraction of sp³-hybridized carbons (Fsp3) is 0.174. The highest BCUT2D eigenvalue weighted by Gasteiger charge is 2.14. The molecule has 6 nitrogen and oxygen atoms in total. The van der Waals surface area contributed by atoms with E-state index in [4.69, 9.17) is 4.74 Å². The summed E-state index contributed by atoms with van der Waals surface area (Å²) >= 11 is 1.52. The molecule has 0 atom stereocenters. The molecule has 8 heteroatoms. The van der Waals surface area contributed by atoms with Crippen LogP contribution in [0.15, 0.2) is 77.7 Å². The smallest absolute Gasteiger partial charge is 0.261 e. The molecule has 3 aromatic carbocycles. The van der Waals surface area contributed by atoms with E-state index in [1.54, 1.807) is 43.5 Å². The molecule has 0 unspecified atom stereocenters. The molecule has 1 amide bonds. The molecule has 162 valence electrons. The van der Waals surface area contributed by atoms with Crippen LogP contribution in [-0.4, -0.2) is 27.2 Å². The van der Waals surface area contributed by atoms with Crippen LogP contribution >= 0.6 is 11.8 Å². The molecule has 0 aromatic heterocycles. The molecule has 0 saturated carbocycles. The summed E-state index contributed by atoms with van der Waals surface area (Å²) in [5.74, 6) is 1.57. The number of methoxy groups -OCH3 is 1. The molecular formula is C23H24N2O4S2. The first-order valence-electron chi connectivity index (χ1n) is 9.56. The van der Waals surface area contributed by atoms with E-state index in [0.717, 1.165) is 5.75 Å². The third kappa shape index (κ3) is 6.77. The van der Waals surface area contributed by atoms with Crippen LogP contribution in [0.1, 0.15) is 11.1 Å². The molecule has 3 rings (SSSR count). The summed E-state index contributed by atoms with van der Waals surface area (Å²) in [7, 11) is -2.19. The number of nitrogens with one attached hydrogen (secondary N) is 2. The third-order valence-electron chi connectivity index (χ3n) is 4.41. The van der Waals surface area contributed by atoms with Gasteiger partial charge in [-0.1, -0.05) is 29.8 Å². The standard InChI is InChI=1S/C23H24N2O4S2/c1-17-3-5-18(6-4-17)15-30-16-23(26)24-19-9-13-22(14-10-19)31(27,28)25-20-7-11-21(29-2)12-8-20/h3-14,25H,15-16H2,1-2H3,(H,24,26). The van der Waals surface area contributed by atoms with Crippen molar-refractivity contribution in [3.8, 4) is 5.75 Å². The first kappa shape index (κ1) is 22.7. The highest BCUT2D eigenvalue weighted by molar-refractivity contribution is 7.99. The number of amides is 1. The summed E-state index contributed by atoms with van der Waals surface area (Å²) in [5, 5.41) is 2.79. The maximum Gasteiger partial charge on any atom is 0.261 e. The van der Waals surface area contributed by atoms with Crippen molar-refractivity contribution in [2.24, 2.45) is 0 Å². The van der Waals surface area contributed by atoms with E-state index in [1.807, 2.05) is 6.92 Å². The lowest BCUT2D eigenvalue weighted by Gasteiger charge is -2.10. The number of hydrogen-bond acceptors (Lipinski definition) is 5. The molecule has 0 fully saturated rings. The Morgan fingerprint density at radius 2 is 1.52 bits per heavy atom. The van der Waals surface area contributed by atoms with E-state index in [1.165, 1.54) is 35.0 Å². The fourth-order valence-electron chi connectivity index (χ4n) is 2.73. The molecule has 0 aliphatic heterocycles. The Bertz CT molecular complexity index is 1110. The van der Waals surface area contributed by atoms with E-state index in [0.29, 0.717) is 22.9 Å². The van der Waals surface area contributed by atoms with Gasteiger partial charge in [0.1, 0.15) is 5.75 Å². The highest BCUT2D eigenvalue weighted by atomic mass is 32.2. The Balaban J connectivity index is 1.52. The van der Waals surface area contributed by atoms with Crippen LogP contribution < -0.4 is 14.8 Å². The minimum absolute atomic E-state index is 0.107. The van der Waals surface area contributed by atoms with Crippen LogP contribution in [0, 0.1) is 6.92 Å². The number of aryl methyl sites for hydroxylation is 1. The second-order valence-electron chi connectivity index (χ2n) is 6.88. The molecule has 3 aromatic rings. The quantitative estimate of drug-likeness (QED) is 0.489. The Hall–Kier alpha value is -2.97. The van der Waals surface area contributed by atoms with Gasteiger partial charge in [-0.25, -0.2) is 8.42 Å². The lowest BCUT2D eigenvalue weighted by Crippen LogP contribution is -2.15. The van der Waals surface area contributed by atoms with Crippen molar-refractivity contribution in [1.29, 1.82) is 0 Å². The molecule has 0 spiro atoms. The summed E-state index contributed by atoms with van der Waals surface area (Å²) in [5.41, 5.74) is 3.35. The summed E-state index contributed by atoms with van der Waals surface area (Å²) in [6.45, 7) is 2.04. The van der Waals surface area contributed by atoms with Crippen LogP contribution in [0.2, 0.25) is 0 Å². The topological polar surface area (TPSA) is 84.5 Å². The van der Waals surface area contributed by atoms with Gasteiger partial charge < -0.3 is 10.1 Å². The average Bonchev–Trinajstić information content (AvgIpc) is 2.76. The van der Waals surface area contributed by atoms with Crippen molar-refractivity contribution in [2.75, 3.05) is 22.9 Å². The fourth-order valence-corrected chi connectivity index (χ4v) is 4.58. The Kier molecular flexibility index (Phi) is 7.59. The number of hydrogen-bond donors (Lipinski definition) is 2. The number of rotatable bonds is 9. The first-order valence-corrected chi connectivity index (χ1v) is 12.2. The predicted molar refractivity (Wildman–Crippen MR) is 126 cm³/mol. The Labute approximate surface area is 187 Å². The van der Waals surface area contributed by atoms with Crippen LogP contribution in [0.25, 0.3) is 0 Å². The molecule has 0 heterocycles. The van der Waals surface area contributed by atoms with E-state index < -0.39 is 10.0 Å². The minimum atomic E-state index is -3.73. The number of carbonyl (C=O) groups is 1. The number of thioether (sulfide) groups is 1. The summed E-state index contributed by atoms with van der Waals surface area (Å²) < 4.78 is 32.7.